The third-order valence-corrected chi connectivity index (χ3v) is 6.68. The summed E-state index contributed by atoms with van der Waals surface area (Å²) in [6.45, 7) is 4.69. The number of nitrogens with zero attached hydrogens (tertiary/aromatic N) is 2. The summed E-state index contributed by atoms with van der Waals surface area (Å²) in [4.78, 5) is 17.6. The zero-order valence-corrected chi connectivity index (χ0v) is 18.2. The molecule has 2 fully saturated rings. The highest BCUT2D eigenvalue weighted by atomic mass is 16.5. The number of carbonyl (C=O) groups is 1. The Balaban J connectivity index is 1.56. The minimum absolute atomic E-state index is 0.251. The van der Waals surface area contributed by atoms with Gasteiger partial charge < -0.3 is 19.1 Å². The smallest absolute Gasteiger partial charge is 0.222 e. The van der Waals surface area contributed by atoms with Crippen LogP contribution in [-0.2, 0) is 16.0 Å². The average molecular weight is 405 g/mol. The van der Waals surface area contributed by atoms with E-state index in [1.54, 1.807) is 21.3 Å². The van der Waals surface area contributed by atoms with Crippen molar-refractivity contribution in [3.63, 3.8) is 0 Å². The number of amides is 1. The first-order chi connectivity index (χ1) is 14.1. The maximum Gasteiger partial charge on any atom is 0.222 e. The van der Waals surface area contributed by atoms with E-state index in [4.69, 9.17) is 14.2 Å². The number of aryl methyl sites for hydroxylation is 1. The maximum atomic E-state index is 12.9. The predicted octanol–water partition coefficient (Wildman–Crippen LogP) is 3.13. The number of carbonyl (C=O) groups excluding carboxylic acids is 1. The molecule has 0 N–H and O–H groups in total. The molecule has 2 saturated heterocycles. The number of likely N-dealkylation sites (tertiary alicyclic amines) is 2. The zero-order valence-electron chi connectivity index (χ0n) is 18.2. The van der Waals surface area contributed by atoms with Gasteiger partial charge in [-0.2, -0.15) is 0 Å². The molecule has 6 nitrogen and oxygen atoms in total. The van der Waals surface area contributed by atoms with E-state index in [9.17, 15) is 4.79 Å². The second kappa shape index (κ2) is 10.3. The van der Waals surface area contributed by atoms with Gasteiger partial charge in [-0.3, -0.25) is 9.69 Å². The molecule has 0 unspecified atom stereocenters. The molecule has 2 heterocycles. The summed E-state index contributed by atoms with van der Waals surface area (Å²) in [5, 5.41) is 0. The van der Waals surface area contributed by atoms with Crippen LogP contribution in [0, 0.1) is 0 Å². The molecular formula is C23H36N2O4. The van der Waals surface area contributed by atoms with Gasteiger partial charge in [0, 0.05) is 44.8 Å². The van der Waals surface area contributed by atoms with Gasteiger partial charge in [-0.25, -0.2) is 0 Å². The number of hydrogen-bond donors (Lipinski definition) is 0. The molecule has 29 heavy (non-hydrogen) atoms. The number of benzene rings is 1. The third kappa shape index (κ3) is 5.23. The molecular weight excluding hydrogens is 368 g/mol. The van der Waals surface area contributed by atoms with Crippen LogP contribution < -0.4 is 9.47 Å². The van der Waals surface area contributed by atoms with Crippen LogP contribution in [0.5, 0.6) is 11.5 Å². The molecule has 2 aliphatic heterocycles. The van der Waals surface area contributed by atoms with Crippen LogP contribution in [0.1, 0.15) is 44.1 Å². The fraction of sp³-hybridized carbons (Fsp3) is 0.696. The summed E-state index contributed by atoms with van der Waals surface area (Å²) in [5.41, 5.74) is 1.32. The summed E-state index contributed by atoms with van der Waals surface area (Å²) in [7, 11) is 5.07. The first-order valence-corrected chi connectivity index (χ1v) is 10.8. The number of rotatable bonds is 8. The van der Waals surface area contributed by atoms with Crippen LogP contribution in [-0.4, -0.2) is 75.4 Å². The highest BCUT2D eigenvalue weighted by Gasteiger charge is 2.41. The number of ether oxygens (including phenoxy) is 3. The summed E-state index contributed by atoms with van der Waals surface area (Å²) in [6, 6.07) is 5.80. The molecule has 0 radical (unpaired) electrons. The van der Waals surface area contributed by atoms with E-state index in [1.807, 2.05) is 18.2 Å². The molecule has 1 atom stereocenters. The monoisotopic (exact) mass is 404 g/mol. The molecule has 3 rings (SSSR count). The van der Waals surface area contributed by atoms with Crippen molar-refractivity contribution in [2.45, 2.75) is 50.5 Å². The van der Waals surface area contributed by atoms with Crippen LogP contribution in [0.4, 0.5) is 0 Å². The van der Waals surface area contributed by atoms with Crippen molar-refractivity contribution in [2.24, 2.45) is 0 Å². The lowest BCUT2D eigenvalue weighted by molar-refractivity contribution is -0.131. The van der Waals surface area contributed by atoms with E-state index in [0.29, 0.717) is 12.8 Å². The van der Waals surface area contributed by atoms with Crippen LogP contribution in [0.25, 0.3) is 0 Å². The van der Waals surface area contributed by atoms with E-state index in [-0.39, 0.29) is 11.4 Å². The predicted molar refractivity (Wildman–Crippen MR) is 114 cm³/mol. The second-order valence-electron chi connectivity index (χ2n) is 8.22. The van der Waals surface area contributed by atoms with Crippen LogP contribution in [0.2, 0.25) is 0 Å². The Morgan fingerprint density at radius 3 is 2.55 bits per heavy atom. The Bertz CT molecular complexity index is 681. The molecule has 2 aliphatic rings. The Labute approximate surface area is 175 Å². The molecule has 1 amide bonds. The Hall–Kier alpha value is -1.79. The van der Waals surface area contributed by atoms with Crippen molar-refractivity contribution < 1.29 is 19.0 Å². The van der Waals surface area contributed by atoms with Gasteiger partial charge in [0.2, 0.25) is 5.91 Å². The molecule has 6 heteroatoms. The Morgan fingerprint density at radius 1 is 1.03 bits per heavy atom. The first-order valence-electron chi connectivity index (χ1n) is 10.8. The quantitative estimate of drug-likeness (QED) is 0.666. The molecule has 1 spiro atoms. The van der Waals surface area contributed by atoms with E-state index in [2.05, 4.69) is 9.80 Å². The SMILES string of the molecule is COCCN1CCC[C@]12CCCN(C(=O)CCc1ccc(OC)cc1OC)CC2. The van der Waals surface area contributed by atoms with Gasteiger partial charge >= 0.3 is 0 Å². The van der Waals surface area contributed by atoms with Gasteiger partial charge in [0.25, 0.3) is 0 Å². The zero-order chi connectivity index (χ0) is 20.7. The Morgan fingerprint density at radius 2 is 1.83 bits per heavy atom. The number of methoxy groups -OCH3 is 3. The largest absolute Gasteiger partial charge is 0.497 e. The lowest BCUT2D eigenvalue weighted by Gasteiger charge is -2.38. The summed E-state index contributed by atoms with van der Waals surface area (Å²) >= 11 is 0. The van der Waals surface area contributed by atoms with E-state index in [1.165, 1.54) is 19.3 Å². The fourth-order valence-corrected chi connectivity index (χ4v) is 5.00. The normalized spacial score (nSPS) is 22.7. The lowest BCUT2D eigenvalue weighted by atomic mass is 9.88. The fourth-order valence-electron chi connectivity index (χ4n) is 5.00. The van der Waals surface area contributed by atoms with Crippen LogP contribution >= 0.6 is 0 Å². The molecule has 0 saturated carbocycles. The van der Waals surface area contributed by atoms with Crippen molar-refractivity contribution in [1.82, 2.24) is 9.80 Å². The molecule has 0 aliphatic carbocycles. The first kappa shape index (κ1) is 21.9. The van der Waals surface area contributed by atoms with Gasteiger partial charge in [0.05, 0.1) is 20.8 Å². The number of hydrogen-bond acceptors (Lipinski definition) is 5. The minimum atomic E-state index is 0.251. The average Bonchev–Trinajstić information content (AvgIpc) is 3.01. The van der Waals surface area contributed by atoms with Crippen molar-refractivity contribution >= 4 is 5.91 Å². The molecule has 1 aromatic rings. The van der Waals surface area contributed by atoms with Crippen molar-refractivity contribution in [3.05, 3.63) is 23.8 Å². The molecule has 1 aromatic carbocycles. The molecule has 0 bridgehead atoms. The standard InChI is InChI=1S/C23H36N2O4/c1-27-17-16-25-14-5-11-23(25)10-4-13-24(15-12-23)22(26)9-7-19-6-8-20(28-2)18-21(19)29-3/h6,8,18H,4-5,7,9-17H2,1-3H3/t23-/m0/s1. The maximum absolute atomic E-state index is 12.9. The minimum Gasteiger partial charge on any atom is -0.497 e. The summed E-state index contributed by atoms with van der Waals surface area (Å²) < 4.78 is 16.0. The van der Waals surface area contributed by atoms with Crippen molar-refractivity contribution in [3.8, 4) is 11.5 Å². The van der Waals surface area contributed by atoms with Crippen LogP contribution in [0.15, 0.2) is 18.2 Å². The summed E-state index contributed by atoms with van der Waals surface area (Å²) in [6.07, 6.45) is 7.07. The van der Waals surface area contributed by atoms with Gasteiger partial charge in [-0.1, -0.05) is 6.07 Å². The lowest BCUT2D eigenvalue weighted by Crippen LogP contribution is -2.46. The Kier molecular flexibility index (Phi) is 7.78. The molecule has 162 valence electrons. The molecule has 0 aromatic heterocycles. The van der Waals surface area contributed by atoms with Gasteiger partial charge in [-0.05, 0) is 56.7 Å². The van der Waals surface area contributed by atoms with Gasteiger partial charge in [-0.15, -0.1) is 0 Å². The highest BCUT2D eigenvalue weighted by Crippen LogP contribution is 2.38. The van der Waals surface area contributed by atoms with Gasteiger partial charge in [0.15, 0.2) is 0 Å². The van der Waals surface area contributed by atoms with E-state index in [0.717, 1.165) is 62.7 Å². The van der Waals surface area contributed by atoms with Crippen LogP contribution in [0.3, 0.4) is 0 Å². The van der Waals surface area contributed by atoms with E-state index >= 15 is 0 Å². The third-order valence-electron chi connectivity index (χ3n) is 6.68. The van der Waals surface area contributed by atoms with Crippen molar-refractivity contribution in [1.29, 1.82) is 0 Å². The van der Waals surface area contributed by atoms with E-state index < -0.39 is 0 Å². The van der Waals surface area contributed by atoms with Crippen molar-refractivity contribution in [2.75, 3.05) is 54.1 Å². The van der Waals surface area contributed by atoms with Gasteiger partial charge in [0.1, 0.15) is 11.5 Å². The second-order valence-corrected chi connectivity index (χ2v) is 8.22. The topological polar surface area (TPSA) is 51.2 Å². The summed E-state index contributed by atoms with van der Waals surface area (Å²) in [5.74, 6) is 1.80. The highest BCUT2D eigenvalue weighted by molar-refractivity contribution is 5.76.